The number of anilines is 1. The second-order valence-electron chi connectivity index (χ2n) is 4.57. The highest BCUT2D eigenvalue weighted by atomic mass is 16.5. The van der Waals surface area contributed by atoms with Crippen LogP contribution in [0.15, 0.2) is 42.5 Å². The van der Waals surface area contributed by atoms with Gasteiger partial charge in [-0.2, -0.15) is 0 Å². The summed E-state index contributed by atoms with van der Waals surface area (Å²) in [5.41, 5.74) is 7.34. The summed E-state index contributed by atoms with van der Waals surface area (Å²) in [6.07, 6.45) is 0. The second-order valence-corrected chi connectivity index (χ2v) is 4.57. The molecule has 0 amide bonds. The van der Waals surface area contributed by atoms with Crippen molar-refractivity contribution in [3.05, 3.63) is 53.6 Å². The van der Waals surface area contributed by atoms with Crippen LogP contribution in [-0.4, -0.2) is 24.3 Å². The van der Waals surface area contributed by atoms with Gasteiger partial charge in [0.15, 0.2) is 0 Å². The zero-order valence-electron chi connectivity index (χ0n) is 11.7. The molecule has 5 heteroatoms. The Hall–Kier alpha value is -2.69. The van der Waals surface area contributed by atoms with E-state index >= 15 is 0 Å². The number of nitrogen functional groups attached to an aromatic ring is 1. The Balaban J connectivity index is 1.83. The molecule has 0 aliphatic heterocycles. The Bertz CT molecular complexity index is 623. The van der Waals surface area contributed by atoms with Gasteiger partial charge in [-0.15, -0.1) is 0 Å². The summed E-state index contributed by atoms with van der Waals surface area (Å²) >= 11 is 0. The summed E-state index contributed by atoms with van der Waals surface area (Å²) in [5.74, 6) is 0.210. The van der Waals surface area contributed by atoms with Crippen molar-refractivity contribution >= 4 is 11.7 Å². The smallest absolute Gasteiger partial charge is 0.335 e. The average molecular weight is 287 g/mol. The minimum Gasteiger partial charge on any atom is -0.490 e. The maximum Gasteiger partial charge on any atom is 0.335 e. The Morgan fingerprint density at radius 3 is 2.38 bits per heavy atom. The number of carboxylic acid groups (broad SMARTS) is 1. The number of carbonyl (C=O) groups is 1. The molecule has 0 saturated carbocycles. The predicted molar refractivity (Wildman–Crippen MR) is 80.0 cm³/mol. The van der Waals surface area contributed by atoms with E-state index in [1.807, 2.05) is 31.2 Å². The molecule has 0 unspecified atom stereocenters. The molecule has 0 spiro atoms. The Kier molecular flexibility index (Phi) is 4.66. The van der Waals surface area contributed by atoms with Crippen molar-refractivity contribution in [1.29, 1.82) is 0 Å². The van der Waals surface area contributed by atoms with Crippen LogP contribution in [0.1, 0.15) is 15.9 Å². The summed E-state index contributed by atoms with van der Waals surface area (Å²) in [6, 6.07) is 12.1. The fraction of sp³-hybridized carbons (Fsp3) is 0.188. The Morgan fingerprint density at radius 2 is 1.76 bits per heavy atom. The summed E-state index contributed by atoms with van der Waals surface area (Å²) in [7, 11) is 0. The van der Waals surface area contributed by atoms with E-state index in [4.69, 9.17) is 20.3 Å². The minimum absolute atomic E-state index is 0.135. The molecule has 0 aliphatic carbocycles. The van der Waals surface area contributed by atoms with Gasteiger partial charge in [0.25, 0.3) is 0 Å². The third-order valence-corrected chi connectivity index (χ3v) is 2.89. The molecule has 0 bridgehead atoms. The van der Waals surface area contributed by atoms with Crippen molar-refractivity contribution < 1.29 is 19.4 Å². The lowest BCUT2D eigenvalue weighted by Gasteiger charge is -2.10. The van der Waals surface area contributed by atoms with Crippen LogP contribution in [0.5, 0.6) is 11.5 Å². The van der Waals surface area contributed by atoms with E-state index in [-0.39, 0.29) is 5.56 Å². The van der Waals surface area contributed by atoms with Crippen LogP contribution in [0.3, 0.4) is 0 Å². The molecule has 110 valence electrons. The first kappa shape index (κ1) is 14.7. The lowest BCUT2D eigenvalue weighted by Crippen LogP contribution is -2.10. The SMILES string of the molecule is Cc1ccc(OCCOc2ccc(C(=O)O)cc2N)cc1. The molecule has 0 aromatic heterocycles. The second kappa shape index (κ2) is 6.65. The highest BCUT2D eigenvalue weighted by Gasteiger charge is 2.07. The molecule has 0 fully saturated rings. The molecule has 5 nitrogen and oxygen atoms in total. The predicted octanol–water partition coefficient (Wildman–Crippen LogP) is 2.73. The van der Waals surface area contributed by atoms with Gasteiger partial charge < -0.3 is 20.3 Å². The molecule has 0 heterocycles. The molecular formula is C16H17NO4. The van der Waals surface area contributed by atoms with Crippen LogP contribution in [0.25, 0.3) is 0 Å². The minimum atomic E-state index is -1.02. The number of hydrogen-bond donors (Lipinski definition) is 2. The van der Waals surface area contributed by atoms with Gasteiger partial charge in [0, 0.05) is 0 Å². The molecule has 3 N–H and O–H groups in total. The first-order valence-corrected chi connectivity index (χ1v) is 6.51. The van der Waals surface area contributed by atoms with Crippen LogP contribution in [0.2, 0.25) is 0 Å². The summed E-state index contributed by atoms with van der Waals surface area (Å²) in [6.45, 7) is 2.71. The Labute approximate surface area is 122 Å². The van der Waals surface area contributed by atoms with Gasteiger partial charge in [0.05, 0.1) is 11.3 Å². The van der Waals surface area contributed by atoms with Gasteiger partial charge in [-0.25, -0.2) is 4.79 Å². The molecule has 0 atom stereocenters. The highest BCUT2D eigenvalue weighted by molar-refractivity contribution is 5.89. The number of nitrogens with two attached hydrogens (primary N) is 1. The normalized spacial score (nSPS) is 10.1. The van der Waals surface area contributed by atoms with Crippen LogP contribution in [0, 0.1) is 6.92 Å². The number of rotatable bonds is 6. The number of ether oxygens (including phenoxy) is 2. The third kappa shape index (κ3) is 4.14. The van der Waals surface area contributed by atoms with Crippen molar-refractivity contribution in [1.82, 2.24) is 0 Å². The van der Waals surface area contributed by atoms with Crippen molar-refractivity contribution in [2.24, 2.45) is 0 Å². The average Bonchev–Trinajstić information content (AvgIpc) is 2.46. The van der Waals surface area contributed by atoms with Gasteiger partial charge in [-0.3, -0.25) is 0 Å². The maximum atomic E-state index is 10.8. The fourth-order valence-electron chi connectivity index (χ4n) is 1.76. The van der Waals surface area contributed by atoms with E-state index in [2.05, 4.69) is 0 Å². The van der Waals surface area contributed by atoms with E-state index in [1.165, 1.54) is 17.7 Å². The summed E-state index contributed by atoms with van der Waals surface area (Å²) in [4.78, 5) is 10.8. The third-order valence-electron chi connectivity index (χ3n) is 2.89. The zero-order valence-corrected chi connectivity index (χ0v) is 11.7. The topological polar surface area (TPSA) is 81.8 Å². The number of aromatic carboxylic acids is 1. The molecule has 0 aliphatic rings. The first-order valence-electron chi connectivity index (χ1n) is 6.51. The fourth-order valence-corrected chi connectivity index (χ4v) is 1.76. The number of hydrogen-bond acceptors (Lipinski definition) is 4. The van der Waals surface area contributed by atoms with E-state index in [0.717, 1.165) is 5.75 Å². The molecule has 21 heavy (non-hydrogen) atoms. The van der Waals surface area contributed by atoms with Gasteiger partial charge in [-0.1, -0.05) is 17.7 Å². The number of benzene rings is 2. The number of aryl methyl sites for hydroxylation is 1. The highest BCUT2D eigenvalue weighted by Crippen LogP contribution is 2.22. The van der Waals surface area contributed by atoms with Gasteiger partial charge in [0.2, 0.25) is 0 Å². The van der Waals surface area contributed by atoms with Crippen LogP contribution in [-0.2, 0) is 0 Å². The largest absolute Gasteiger partial charge is 0.490 e. The van der Waals surface area contributed by atoms with E-state index in [0.29, 0.717) is 24.7 Å². The number of carboxylic acids is 1. The molecule has 0 radical (unpaired) electrons. The molecule has 2 rings (SSSR count). The lowest BCUT2D eigenvalue weighted by molar-refractivity contribution is 0.0697. The quantitative estimate of drug-likeness (QED) is 0.630. The van der Waals surface area contributed by atoms with Gasteiger partial charge >= 0.3 is 5.97 Å². The van der Waals surface area contributed by atoms with Crippen LogP contribution >= 0.6 is 0 Å². The van der Waals surface area contributed by atoms with E-state index < -0.39 is 5.97 Å². The first-order chi connectivity index (χ1) is 10.1. The standard InChI is InChI=1S/C16H17NO4/c1-11-2-5-13(6-3-11)20-8-9-21-15-7-4-12(16(18)19)10-14(15)17/h2-7,10H,8-9,17H2,1H3,(H,18,19). The summed E-state index contributed by atoms with van der Waals surface area (Å²) in [5, 5.41) is 8.84. The zero-order chi connectivity index (χ0) is 15.2. The van der Waals surface area contributed by atoms with Crippen LogP contribution in [0.4, 0.5) is 5.69 Å². The molecule has 2 aromatic carbocycles. The van der Waals surface area contributed by atoms with Gasteiger partial charge in [-0.05, 0) is 37.3 Å². The lowest BCUT2D eigenvalue weighted by atomic mass is 10.2. The van der Waals surface area contributed by atoms with Crippen LogP contribution < -0.4 is 15.2 Å². The van der Waals surface area contributed by atoms with Crippen molar-refractivity contribution in [3.8, 4) is 11.5 Å². The Morgan fingerprint density at radius 1 is 1.10 bits per heavy atom. The van der Waals surface area contributed by atoms with E-state index in [9.17, 15) is 4.79 Å². The monoisotopic (exact) mass is 287 g/mol. The van der Waals surface area contributed by atoms with E-state index in [1.54, 1.807) is 6.07 Å². The van der Waals surface area contributed by atoms with Crippen molar-refractivity contribution in [3.63, 3.8) is 0 Å². The maximum absolute atomic E-state index is 10.8. The summed E-state index contributed by atoms with van der Waals surface area (Å²) < 4.78 is 11.0. The molecule has 0 saturated heterocycles. The molecular weight excluding hydrogens is 270 g/mol. The van der Waals surface area contributed by atoms with Crippen molar-refractivity contribution in [2.45, 2.75) is 6.92 Å². The van der Waals surface area contributed by atoms with Gasteiger partial charge in [0.1, 0.15) is 24.7 Å². The molecule has 2 aromatic rings. The van der Waals surface area contributed by atoms with Crippen molar-refractivity contribution in [2.75, 3.05) is 18.9 Å².